The Morgan fingerprint density at radius 3 is 2.67 bits per heavy atom. The molecule has 27 heavy (non-hydrogen) atoms. The summed E-state index contributed by atoms with van der Waals surface area (Å²) in [7, 11) is 0. The quantitative estimate of drug-likeness (QED) is 0.628. The third kappa shape index (κ3) is 6.25. The number of aromatic nitrogens is 1. The van der Waals surface area contributed by atoms with E-state index in [9.17, 15) is 0 Å². The number of hydrogen-bond donors (Lipinski definition) is 1. The first-order chi connectivity index (χ1) is 13.1. The van der Waals surface area contributed by atoms with Crippen LogP contribution in [0.2, 0.25) is 0 Å². The van der Waals surface area contributed by atoms with Crippen LogP contribution in [0.25, 0.3) is 17.7 Å². The van der Waals surface area contributed by atoms with Gasteiger partial charge in [0, 0.05) is 23.5 Å². The molecule has 2 nitrogen and oxygen atoms in total. The number of H-pyrrole nitrogens is 1. The monoisotopic (exact) mass is 360 g/mol. The first kappa shape index (κ1) is 20.7. The summed E-state index contributed by atoms with van der Waals surface area (Å²) in [5.74, 6) is 0. The van der Waals surface area contributed by atoms with Crippen molar-refractivity contribution < 1.29 is 0 Å². The molecule has 0 bridgehead atoms. The van der Waals surface area contributed by atoms with Crippen LogP contribution in [0.15, 0.2) is 53.7 Å². The van der Waals surface area contributed by atoms with Crippen LogP contribution in [0.1, 0.15) is 57.4 Å². The lowest BCUT2D eigenvalue weighted by atomic mass is 10.0. The molecule has 0 aliphatic carbocycles. The number of benzene rings is 1. The van der Waals surface area contributed by atoms with Gasteiger partial charge in [0.15, 0.2) is 0 Å². The number of aryl methyl sites for hydroxylation is 2. The number of allylic oxidation sites excluding steroid dienone is 2. The number of rotatable bonds is 8. The van der Waals surface area contributed by atoms with Crippen molar-refractivity contribution in [3.63, 3.8) is 0 Å². The van der Waals surface area contributed by atoms with Crippen LogP contribution in [-0.2, 0) is 12.8 Å². The molecule has 1 heterocycles. The van der Waals surface area contributed by atoms with Gasteiger partial charge in [-0.2, -0.15) is 0 Å². The maximum absolute atomic E-state index is 4.27. The van der Waals surface area contributed by atoms with E-state index in [1.165, 1.54) is 16.3 Å². The topological polar surface area (TPSA) is 28.1 Å². The van der Waals surface area contributed by atoms with Crippen molar-refractivity contribution in [1.29, 1.82) is 0 Å². The van der Waals surface area contributed by atoms with Crippen molar-refractivity contribution >= 4 is 23.9 Å². The zero-order valence-corrected chi connectivity index (χ0v) is 17.2. The number of nitrogens with one attached hydrogen (secondary N) is 1. The van der Waals surface area contributed by atoms with Gasteiger partial charge in [0.2, 0.25) is 0 Å². The fourth-order valence-electron chi connectivity index (χ4n) is 3.11. The molecule has 2 heteroatoms. The van der Waals surface area contributed by atoms with Crippen LogP contribution in [0.5, 0.6) is 0 Å². The molecule has 1 N–H and O–H groups in total. The molecule has 0 saturated carbocycles. The molecule has 0 unspecified atom stereocenters. The molecule has 142 valence electrons. The second-order valence-corrected chi connectivity index (χ2v) is 6.89. The Kier molecular flexibility index (Phi) is 8.06. The van der Waals surface area contributed by atoms with Gasteiger partial charge >= 0.3 is 0 Å². The van der Waals surface area contributed by atoms with E-state index >= 15 is 0 Å². The van der Waals surface area contributed by atoms with Gasteiger partial charge in [-0.05, 0) is 80.5 Å². The molecule has 0 saturated heterocycles. The smallest absolute Gasteiger partial charge is 0.0457 e. The molecule has 0 spiro atoms. The largest absolute Gasteiger partial charge is 0.355 e. The molecule has 2 aromatic rings. The van der Waals surface area contributed by atoms with E-state index in [0.717, 1.165) is 47.9 Å². The van der Waals surface area contributed by atoms with Crippen molar-refractivity contribution in [2.75, 3.05) is 0 Å². The van der Waals surface area contributed by atoms with E-state index in [0.29, 0.717) is 0 Å². The highest BCUT2D eigenvalue weighted by molar-refractivity contribution is 5.64. The van der Waals surface area contributed by atoms with Crippen molar-refractivity contribution in [3.05, 3.63) is 76.1 Å². The van der Waals surface area contributed by atoms with Gasteiger partial charge in [-0.15, -0.1) is 0 Å². The van der Waals surface area contributed by atoms with Crippen LogP contribution < -0.4 is 10.6 Å². The first-order valence-electron chi connectivity index (χ1n) is 9.85. The van der Waals surface area contributed by atoms with E-state index < -0.39 is 0 Å². The predicted molar refractivity (Wildman–Crippen MR) is 120 cm³/mol. The average Bonchev–Trinajstić information content (AvgIpc) is 3.09. The predicted octanol–water partition coefficient (Wildman–Crippen LogP) is 5.19. The SMILES string of the molecule is C=C(/C=c1/[nH]c(/C(C)=C/N=CC)c/c1=C/C)CCCc1cccc(CC)c1. The number of nitrogens with zero attached hydrogens (tertiary/aromatic N) is 1. The van der Waals surface area contributed by atoms with Gasteiger partial charge < -0.3 is 4.98 Å². The molecular weight excluding hydrogens is 328 g/mol. The van der Waals surface area contributed by atoms with Crippen LogP contribution in [0, 0.1) is 0 Å². The summed E-state index contributed by atoms with van der Waals surface area (Å²) in [4.78, 5) is 7.72. The maximum atomic E-state index is 4.27. The minimum Gasteiger partial charge on any atom is -0.355 e. The summed E-state index contributed by atoms with van der Waals surface area (Å²) in [6, 6.07) is 11.1. The molecular formula is C25H32N2. The normalized spacial score (nSPS) is 13.7. The summed E-state index contributed by atoms with van der Waals surface area (Å²) in [5.41, 5.74) is 6.22. The minimum absolute atomic E-state index is 1.00. The van der Waals surface area contributed by atoms with E-state index in [4.69, 9.17) is 0 Å². The van der Waals surface area contributed by atoms with Gasteiger partial charge in [-0.3, -0.25) is 4.99 Å². The third-order valence-electron chi connectivity index (χ3n) is 4.74. The lowest BCUT2D eigenvalue weighted by molar-refractivity contribution is 0.828. The molecule has 1 aromatic heterocycles. The Labute approximate surface area is 163 Å². The van der Waals surface area contributed by atoms with Crippen LogP contribution in [0.3, 0.4) is 0 Å². The third-order valence-corrected chi connectivity index (χ3v) is 4.74. The second kappa shape index (κ2) is 10.5. The molecule has 0 radical (unpaired) electrons. The van der Waals surface area contributed by atoms with Crippen molar-refractivity contribution in [2.45, 2.75) is 53.4 Å². The summed E-state index contributed by atoms with van der Waals surface area (Å²) in [6.07, 6.45) is 12.3. The maximum Gasteiger partial charge on any atom is 0.0457 e. The molecule has 1 aromatic carbocycles. The Hall–Kier alpha value is -2.61. The minimum atomic E-state index is 1.00. The molecule has 0 aliphatic rings. The molecule has 0 amide bonds. The second-order valence-electron chi connectivity index (χ2n) is 6.89. The average molecular weight is 361 g/mol. The van der Waals surface area contributed by atoms with Gasteiger partial charge in [-0.1, -0.05) is 49.4 Å². The summed E-state index contributed by atoms with van der Waals surface area (Å²) in [5, 5.41) is 2.33. The Morgan fingerprint density at radius 2 is 1.96 bits per heavy atom. The number of hydrogen-bond acceptors (Lipinski definition) is 1. The van der Waals surface area contributed by atoms with E-state index in [1.54, 1.807) is 6.21 Å². The van der Waals surface area contributed by atoms with E-state index in [1.807, 2.05) is 13.1 Å². The van der Waals surface area contributed by atoms with Gasteiger partial charge in [0.05, 0.1) is 0 Å². The highest BCUT2D eigenvalue weighted by Gasteiger charge is 2.01. The fourth-order valence-corrected chi connectivity index (χ4v) is 3.11. The standard InChI is InChI=1S/C25H32N2/c1-6-21-12-10-14-22(16-21)13-9-11-19(4)15-25-23(7-2)17-24(27-25)20(5)18-26-8-3/h7-8,10,12,14-18,27H,4,6,9,11,13H2,1-3,5H3/b20-18+,23-7-,25-15+,26-8?. The summed E-state index contributed by atoms with van der Waals surface area (Å²) in [6.45, 7) is 12.5. The Morgan fingerprint density at radius 1 is 1.19 bits per heavy atom. The zero-order chi connectivity index (χ0) is 19.6. The molecule has 0 fully saturated rings. The van der Waals surface area contributed by atoms with Gasteiger partial charge in [-0.25, -0.2) is 0 Å². The van der Waals surface area contributed by atoms with Crippen molar-refractivity contribution in [1.82, 2.24) is 4.98 Å². The van der Waals surface area contributed by atoms with Crippen LogP contribution in [0.4, 0.5) is 0 Å². The molecule has 2 rings (SSSR count). The van der Waals surface area contributed by atoms with E-state index in [-0.39, 0.29) is 0 Å². The van der Waals surface area contributed by atoms with Crippen LogP contribution in [-0.4, -0.2) is 11.2 Å². The highest BCUT2D eigenvalue weighted by atomic mass is 14.7. The molecule has 0 aliphatic heterocycles. The summed E-state index contributed by atoms with van der Waals surface area (Å²) >= 11 is 0. The van der Waals surface area contributed by atoms with Crippen LogP contribution >= 0.6 is 0 Å². The fraction of sp³-hybridized carbons (Fsp3) is 0.320. The summed E-state index contributed by atoms with van der Waals surface area (Å²) < 4.78 is 0. The lowest BCUT2D eigenvalue weighted by Gasteiger charge is -2.04. The number of aliphatic imine (C=N–C) groups is 1. The van der Waals surface area contributed by atoms with Gasteiger partial charge in [0.1, 0.15) is 0 Å². The van der Waals surface area contributed by atoms with Crippen molar-refractivity contribution in [2.24, 2.45) is 4.99 Å². The van der Waals surface area contributed by atoms with Gasteiger partial charge in [0.25, 0.3) is 0 Å². The Balaban J connectivity index is 2.06. The van der Waals surface area contributed by atoms with Crippen molar-refractivity contribution in [3.8, 4) is 0 Å². The lowest BCUT2D eigenvalue weighted by Crippen LogP contribution is -2.21. The van der Waals surface area contributed by atoms with E-state index in [2.05, 4.69) is 79.8 Å². The Bertz CT molecular complexity index is 939. The first-order valence-corrected chi connectivity index (χ1v) is 9.85. The highest BCUT2D eigenvalue weighted by Crippen LogP contribution is 2.12. The molecule has 0 atom stereocenters. The zero-order valence-electron chi connectivity index (χ0n) is 17.2. The number of aromatic amines is 1.